The minimum Gasteiger partial charge on any atom is -0.481 e. The van der Waals surface area contributed by atoms with Crippen molar-refractivity contribution in [1.29, 1.82) is 0 Å². The van der Waals surface area contributed by atoms with Crippen LogP contribution in [0.15, 0.2) is 30.3 Å². The van der Waals surface area contributed by atoms with Crippen molar-refractivity contribution < 1.29 is 19.4 Å². The van der Waals surface area contributed by atoms with Crippen LogP contribution in [0.3, 0.4) is 0 Å². The molecule has 1 aromatic rings. The maximum Gasteiger partial charge on any atom is 0.306 e. The Morgan fingerprint density at radius 1 is 1.08 bits per heavy atom. The van der Waals surface area contributed by atoms with Gasteiger partial charge in [0.15, 0.2) is 0 Å². The number of carboxylic acids is 1. The molecule has 0 spiro atoms. The Morgan fingerprint density at radius 2 is 1.88 bits per heavy atom. The first kappa shape index (κ1) is 16.6. The third-order valence-electron chi connectivity index (χ3n) is 6.21. The second kappa shape index (κ2) is 6.79. The molecule has 0 unspecified atom stereocenters. The second-order valence-electron chi connectivity index (χ2n) is 7.80. The lowest BCUT2D eigenvalue weighted by Crippen LogP contribution is -2.45. The Bertz CT molecular complexity index is 646. The zero-order chi connectivity index (χ0) is 17.4. The summed E-state index contributed by atoms with van der Waals surface area (Å²) in [6, 6.07) is 10.3. The van der Waals surface area contributed by atoms with Gasteiger partial charge in [-0.05, 0) is 55.9 Å². The third kappa shape index (κ3) is 3.43. The van der Waals surface area contributed by atoms with Crippen LogP contribution in [0.1, 0.15) is 37.7 Å². The van der Waals surface area contributed by atoms with Gasteiger partial charge in [0, 0.05) is 6.04 Å². The highest BCUT2D eigenvalue weighted by Crippen LogP contribution is 2.48. The monoisotopic (exact) mass is 343 g/mol. The van der Waals surface area contributed by atoms with Crippen LogP contribution < -0.4 is 5.32 Å². The fourth-order valence-corrected chi connectivity index (χ4v) is 4.96. The summed E-state index contributed by atoms with van der Waals surface area (Å²) >= 11 is 0. The summed E-state index contributed by atoms with van der Waals surface area (Å²) in [5.41, 5.74) is 1.24. The number of hydrogen-bond acceptors (Lipinski definition) is 3. The van der Waals surface area contributed by atoms with Crippen LogP contribution in [-0.4, -0.2) is 35.2 Å². The minimum atomic E-state index is -0.680. The number of benzene rings is 1. The van der Waals surface area contributed by atoms with Gasteiger partial charge >= 0.3 is 5.97 Å². The Balaban J connectivity index is 1.27. The van der Waals surface area contributed by atoms with Gasteiger partial charge in [-0.15, -0.1) is 0 Å². The van der Waals surface area contributed by atoms with Crippen molar-refractivity contribution in [3.63, 3.8) is 0 Å². The highest BCUT2D eigenvalue weighted by atomic mass is 16.5. The first-order valence-electron chi connectivity index (χ1n) is 9.32. The normalized spacial score (nSPS) is 36.5. The van der Waals surface area contributed by atoms with E-state index in [0.717, 1.165) is 32.1 Å². The van der Waals surface area contributed by atoms with E-state index in [2.05, 4.69) is 17.4 Å². The van der Waals surface area contributed by atoms with E-state index < -0.39 is 5.97 Å². The van der Waals surface area contributed by atoms with Crippen LogP contribution in [0.25, 0.3) is 0 Å². The molecule has 1 aromatic carbocycles. The molecule has 3 fully saturated rings. The van der Waals surface area contributed by atoms with Gasteiger partial charge in [0.1, 0.15) is 6.10 Å². The lowest BCUT2D eigenvalue weighted by Gasteiger charge is -2.27. The average molecular weight is 343 g/mol. The van der Waals surface area contributed by atoms with Gasteiger partial charge < -0.3 is 15.2 Å². The SMILES string of the molecule is O=C(N[C@@H]1C[C@H]2C[C@@H]1C[C@H]2C(=O)O)[C@@H]1CC[C@H](Cc2ccccc2)O1. The summed E-state index contributed by atoms with van der Waals surface area (Å²) in [5, 5.41) is 12.4. The molecule has 1 heterocycles. The van der Waals surface area contributed by atoms with Crippen LogP contribution in [0.5, 0.6) is 0 Å². The molecule has 5 nitrogen and oxygen atoms in total. The van der Waals surface area contributed by atoms with Crippen LogP contribution in [0.4, 0.5) is 0 Å². The number of aliphatic carboxylic acids is 1. The highest BCUT2D eigenvalue weighted by Gasteiger charge is 2.49. The number of amides is 1. The smallest absolute Gasteiger partial charge is 0.306 e. The predicted molar refractivity (Wildman–Crippen MR) is 91.9 cm³/mol. The van der Waals surface area contributed by atoms with Crippen LogP contribution in [0.2, 0.25) is 0 Å². The lowest BCUT2D eigenvalue weighted by molar-refractivity contribution is -0.143. The molecular formula is C20H25NO4. The van der Waals surface area contributed by atoms with Gasteiger partial charge in [0.2, 0.25) is 5.91 Å². The molecule has 0 radical (unpaired) electrons. The van der Waals surface area contributed by atoms with Crippen molar-refractivity contribution in [2.45, 2.75) is 56.8 Å². The summed E-state index contributed by atoms with van der Waals surface area (Å²) in [6.07, 6.45) is 4.70. The Hall–Kier alpha value is -1.88. The standard InChI is InChI=1S/C20H25NO4/c22-19(21-17-11-13-9-14(17)10-16(13)20(23)24)18-7-6-15(25-18)8-12-4-2-1-3-5-12/h1-5,13-18H,6-11H2,(H,21,22)(H,23,24)/t13-,14-,15-,16-,17-,18+/m1/s1. The van der Waals surface area contributed by atoms with Gasteiger partial charge in [0.05, 0.1) is 12.0 Å². The number of carboxylic acid groups (broad SMARTS) is 1. The Morgan fingerprint density at radius 3 is 2.56 bits per heavy atom. The summed E-state index contributed by atoms with van der Waals surface area (Å²) in [6.45, 7) is 0. The van der Waals surface area contributed by atoms with Crippen molar-refractivity contribution in [2.75, 3.05) is 0 Å². The second-order valence-corrected chi connectivity index (χ2v) is 7.80. The number of nitrogens with one attached hydrogen (secondary N) is 1. The zero-order valence-corrected chi connectivity index (χ0v) is 14.3. The highest BCUT2D eigenvalue weighted by molar-refractivity contribution is 5.81. The maximum atomic E-state index is 12.5. The number of hydrogen-bond donors (Lipinski definition) is 2. The Kier molecular flexibility index (Phi) is 4.50. The van der Waals surface area contributed by atoms with Crippen molar-refractivity contribution in [3.8, 4) is 0 Å². The Labute approximate surface area is 147 Å². The summed E-state index contributed by atoms with van der Waals surface area (Å²) in [4.78, 5) is 23.7. The summed E-state index contributed by atoms with van der Waals surface area (Å²) in [5.74, 6) is -0.365. The van der Waals surface area contributed by atoms with E-state index in [4.69, 9.17) is 4.74 Å². The number of ether oxygens (including phenoxy) is 1. The van der Waals surface area contributed by atoms with Gasteiger partial charge in [-0.2, -0.15) is 0 Å². The van der Waals surface area contributed by atoms with E-state index in [1.165, 1.54) is 5.56 Å². The summed E-state index contributed by atoms with van der Waals surface area (Å²) in [7, 11) is 0. The molecule has 1 aliphatic heterocycles. The van der Waals surface area contributed by atoms with E-state index in [-0.39, 0.29) is 36.0 Å². The van der Waals surface area contributed by atoms with Crippen molar-refractivity contribution in [3.05, 3.63) is 35.9 Å². The topological polar surface area (TPSA) is 75.6 Å². The molecule has 2 saturated carbocycles. The summed E-state index contributed by atoms with van der Waals surface area (Å²) < 4.78 is 5.97. The molecule has 3 aliphatic rings. The number of rotatable bonds is 5. The van der Waals surface area contributed by atoms with Gasteiger partial charge in [0.25, 0.3) is 0 Å². The third-order valence-corrected chi connectivity index (χ3v) is 6.21. The molecule has 134 valence electrons. The quantitative estimate of drug-likeness (QED) is 0.861. The molecule has 5 heteroatoms. The number of fused-ring (bicyclic) bond motifs is 2. The molecule has 4 rings (SSSR count). The van der Waals surface area contributed by atoms with E-state index in [1.807, 2.05) is 18.2 Å². The molecule has 2 N–H and O–H groups in total. The largest absolute Gasteiger partial charge is 0.481 e. The predicted octanol–water partition coefficient (Wildman–Crippen LogP) is 2.39. The van der Waals surface area contributed by atoms with E-state index in [1.54, 1.807) is 0 Å². The molecule has 2 aliphatic carbocycles. The first-order valence-corrected chi connectivity index (χ1v) is 9.32. The molecule has 1 amide bonds. The lowest BCUT2D eigenvalue weighted by atomic mass is 9.86. The molecule has 1 saturated heterocycles. The van der Waals surface area contributed by atoms with Crippen LogP contribution in [0, 0.1) is 17.8 Å². The molecule has 2 bridgehead atoms. The van der Waals surface area contributed by atoms with Crippen LogP contribution in [-0.2, 0) is 20.7 Å². The minimum absolute atomic E-state index is 0.0139. The van der Waals surface area contributed by atoms with Crippen LogP contribution >= 0.6 is 0 Å². The fraction of sp³-hybridized carbons (Fsp3) is 0.600. The number of carbonyl (C=O) groups excluding carboxylic acids is 1. The molecule has 25 heavy (non-hydrogen) atoms. The van der Waals surface area contributed by atoms with Gasteiger partial charge in [-0.25, -0.2) is 0 Å². The van der Waals surface area contributed by atoms with E-state index in [9.17, 15) is 14.7 Å². The van der Waals surface area contributed by atoms with E-state index in [0.29, 0.717) is 12.3 Å². The molecule has 0 aromatic heterocycles. The molecule has 6 atom stereocenters. The zero-order valence-electron chi connectivity index (χ0n) is 14.3. The van der Waals surface area contributed by atoms with Crippen molar-refractivity contribution >= 4 is 11.9 Å². The van der Waals surface area contributed by atoms with E-state index >= 15 is 0 Å². The van der Waals surface area contributed by atoms with Crippen molar-refractivity contribution in [2.24, 2.45) is 17.8 Å². The maximum absolute atomic E-state index is 12.5. The van der Waals surface area contributed by atoms with Crippen molar-refractivity contribution in [1.82, 2.24) is 5.32 Å². The van der Waals surface area contributed by atoms with Gasteiger partial charge in [-0.3, -0.25) is 9.59 Å². The fourth-order valence-electron chi connectivity index (χ4n) is 4.96. The number of carbonyl (C=O) groups is 2. The van der Waals surface area contributed by atoms with Gasteiger partial charge in [-0.1, -0.05) is 30.3 Å². The average Bonchev–Trinajstić information content (AvgIpc) is 3.31. The molecular weight excluding hydrogens is 318 g/mol. The first-order chi connectivity index (χ1) is 12.1.